The van der Waals surface area contributed by atoms with E-state index in [1.165, 1.54) is 24.3 Å². The molecule has 9 heteroatoms. The second-order valence-electron chi connectivity index (χ2n) is 3.97. The number of halogens is 1. The van der Waals surface area contributed by atoms with Gasteiger partial charge in [0.05, 0.1) is 11.5 Å². The number of alkyl halides is 1. The predicted molar refractivity (Wildman–Crippen MR) is 76.0 cm³/mol. The Kier molecular flexibility index (Phi) is 5.60. The highest BCUT2D eigenvalue weighted by Crippen LogP contribution is 2.13. The van der Waals surface area contributed by atoms with E-state index in [1.54, 1.807) is 0 Å². The molecule has 0 aliphatic rings. The van der Waals surface area contributed by atoms with Crippen molar-refractivity contribution in [1.82, 2.24) is 0 Å². The highest BCUT2D eigenvalue weighted by molar-refractivity contribution is 7.92. The number of rotatable bonds is 7. The van der Waals surface area contributed by atoms with E-state index in [0.717, 1.165) is 0 Å². The van der Waals surface area contributed by atoms with Crippen LogP contribution in [0, 0.1) is 0 Å². The van der Waals surface area contributed by atoms with Gasteiger partial charge in [-0.05, 0) is 24.1 Å². The van der Waals surface area contributed by atoms with Crippen molar-refractivity contribution in [2.24, 2.45) is 5.14 Å². The second-order valence-corrected chi connectivity index (χ2v) is 7.80. The van der Waals surface area contributed by atoms with Gasteiger partial charge in [0.25, 0.3) is 0 Å². The maximum atomic E-state index is 11.6. The fourth-order valence-electron chi connectivity index (χ4n) is 1.38. The van der Waals surface area contributed by atoms with Gasteiger partial charge < -0.3 is 0 Å². The third-order valence-corrected chi connectivity index (χ3v) is 4.52. The lowest BCUT2D eigenvalue weighted by Crippen LogP contribution is -2.17. The monoisotopic (exact) mass is 326 g/mol. The standard InChI is InChI=1S/C10H15ClN2O4S2/c11-6-1-7-19(16,17)13-10-4-2-9(3-5-10)8-18(12,14)15/h2-5,13H,1,6-8H2,(H2,12,14,15). The van der Waals surface area contributed by atoms with Gasteiger partial charge in [0.15, 0.2) is 0 Å². The van der Waals surface area contributed by atoms with Gasteiger partial charge in [-0.1, -0.05) is 12.1 Å². The third-order valence-electron chi connectivity index (χ3n) is 2.14. The zero-order valence-electron chi connectivity index (χ0n) is 10.0. The molecule has 1 rings (SSSR count). The lowest BCUT2D eigenvalue weighted by atomic mass is 10.2. The maximum Gasteiger partial charge on any atom is 0.232 e. The van der Waals surface area contributed by atoms with Crippen LogP contribution < -0.4 is 9.86 Å². The number of nitrogens with two attached hydrogens (primary N) is 1. The molecule has 0 bridgehead atoms. The maximum absolute atomic E-state index is 11.6. The molecule has 0 amide bonds. The zero-order chi connectivity index (χ0) is 14.5. The first-order valence-electron chi connectivity index (χ1n) is 5.38. The van der Waals surface area contributed by atoms with Gasteiger partial charge in [0.1, 0.15) is 0 Å². The second kappa shape index (κ2) is 6.56. The van der Waals surface area contributed by atoms with Crippen LogP contribution in [0.25, 0.3) is 0 Å². The van der Waals surface area contributed by atoms with Crippen LogP contribution in [0.4, 0.5) is 5.69 Å². The minimum Gasteiger partial charge on any atom is -0.284 e. The van der Waals surface area contributed by atoms with Crippen molar-refractivity contribution in [3.63, 3.8) is 0 Å². The number of primary sulfonamides is 1. The summed E-state index contributed by atoms with van der Waals surface area (Å²) < 4.78 is 47.3. The summed E-state index contributed by atoms with van der Waals surface area (Å²) >= 11 is 5.43. The molecule has 0 saturated carbocycles. The Morgan fingerprint density at radius 1 is 1.11 bits per heavy atom. The number of nitrogens with one attached hydrogen (secondary N) is 1. The first-order valence-corrected chi connectivity index (χ1v) is 9.28. The molecular weight excluding hydrogens is 312 g/mol. The van der Waals surface area contributed by atoms with Gasteiger partial charge in [-0.2, -0.15) is 0 Å². The highest BCUT2D eigenvalue weighted by Gasteiger charge is 2.10. The molecule has 0 aliphatic heterocycles. The molecule has 0 aliphatic carbocycles. The summed E-state index contributed by atoms with van der Waals surface area (Å²) in [5, 5.41) is 4.91. The van der Waals surface area contributed by atoms with E-state index in [1.807, 2.05) is 0 Å². The molecule has 108 valence electrons. The highest BCUT2D eigenvalue weighted by atomic mass is 35.5. The molecule has 0 saturated heterocycles. The van der Waals surface area contributed by atoms with Crippen molar-refractivity contribution >= 4 is 37.3 Å². The van der Waals surface area contributed by atoms with Crippen LogP contribution in [0.2, 0.25) is 0 Å². The number of benzene rings is 1. The lowest BCUT2D eigenvalue weighted by Gasteiger charge is -2.08. The summed E-state index contributed by atoms with van der Waals surface area (Å²) in [6.07, 6.45) is 0.361. The minimum atomic E-state index is -3.59. The molecular formula is C10H15ClN2O4S2. The summed E-state index contributed by atoms with van der Waals surface area (Å²) in [7, 11) is -7.01. The molecule has 3 N–H and O–H groups in total. The lowest BCUT2D eigenvalue weighted by molar-refractivity contribution is 0.596. The Bertz CT molecular complexity index is 611. The summed E-state index contributed by atoms with van der Waals surface area (Å²) in [5.74, 6) is -0.0735. The molecule has 0 spiro atoms. The van der Waals surface area contributed by atoms with E-state index in [0.29, 0.717) is 17.7 Å². The van der Waals surface area contributed by atoms with Crippen molar-refractivity contribution in [2.45, 2.75) is 12.2 Å². The average molecular weight is 327 g/mol. The van der Waals surface area contributed by atoms with Gasteiger partial charge in [0, 0.05) is 11.6 Å². The van der Waals surface area contributed by atoms with Crippen LogP contribution in [0.15, 0.2) is 24.3 Å². The molecule has 1 aromatic carbocycles. The smallest absolute Gasteiger partial charge is 0.232 e. The van der Waals surface area contributed by atoms with Crippen LogP contribution in [-0.2, 0) is 25.8 Å². The normalized spacial score (nSPS) is 12.3. The fraction of sp³-hybridized carbons (Fsp3) is 0.400. The molecule has 0 unspecified atom stereocenters. The van der Waals surface area contributed by atoms with E-state index in [4.69, 9.17) is 16.7 Å². The summed E-state index contributed by atoms with van der Waals surface area (Å²) in [6.45, 7) is 0. The molecule has 0 atom stereocenters. The Balaban J connectivity index is 2.72. The number of hydrogen-bond acceptors (Lipinski definition) is 4. The number of anilines is 1. The van der Waals surface area contributed by atoms with Crippen molar-refractivity contribution in [3.8, 4) is 0 Å². The summed E-state index contributed by atoms with van der Waals surface area (Å²) in [4.78, 5) is 0. The SMILES string of the molecule is NS(=O)(=O)Cc1ccc(NS(=O)(=O)CCCCl)cc1. The van der Waals surface area contributed by atoms with Gasteiger partial charge in [-0.25, -0.2) is 22.0 Å². The van der Waals surface area contributed by atoms with Crippen LogP contribution in [-0.4, -0.2) is 28.5 Å². The van der Waals surface area contributed by atoms with E-state index in [-0.39, 0.29) is 17.4 Å². The number of hydrogen-bond donors (Lipinski definition) is 2. The first-order chi connectivity index (χ1) is 8.72. The third kappa shape index (κ3) is 6.76. The van der Waals surface area contributed by atoms with E-state index < -0.39 is 20.0 Å². The van der Waals surface area contributed by atoms with Crippen LogP contribution >= 0.6 is 11.6 Å². The quantitative estimate of drug-likeness (QED) is 0.724. The first kappa shape index (κ1) is 16.2. The van der Waals surface area contributed by atoms with Gasteiger partial charge >= 0.3 is 0 Å². The molecule has 19 heavy (non-hydrogen) atoms. The van der Waals surface area contributed by atoms with Gasteiger partial charge in [0.2, 0.25) is 20.0 Å². The Labute approximate surface area is 118 Å². The van der Waals surface area contributed by atoms with Crippen LogP contribution in [0.3, 0.4) is 0 Å². The van der Waals surface area contributed by atoms with Crippen molar-refractivity contribution in [2.75, 3.05) is 16.4 Å². The molecule has 0 aromatic heterocycles. The molecule has 0 radical (unpaired) electrons. The van der Waals surface area contributed by atoms with Crippen molar-refractivity contribution in [1.29, 1.82) is 0 Å². The van der Waals surface area contributed by atoms with E-state index in [2.05, 4.69) is 4.72 Å². The van der Waals surface area contributed by atoms with E-state index >= 15 is 0 Å². The zero-order valence-corrected chi connectivity index (χ0v) is 12.4. The number of sulfonamides is 2. The largest absolute Gasteiger partial charge is 0.284 e. The Morgan fingerprint density at radius 3 is 2.16 bits per heavy atom. The van der Waals surface area contributed by atoms with Gasteiger partial charge in [-0.15, -0.1) is 11.6 Å². The predicted octanol–water partition coefficient (Wildman–Crippen LogP) is 0.846. The Hall–Kier alpha value is -0.830. The molecule has 1 aromatic rings. The molecule has 0 heterocycles. The van der Waals surface area contributed by atoms with Crippen LogP contribution in [0.1, 0.15) is 12.0 Å². The van der Waals surface area contributed by atoms with Gasteiger partial charge in [-0.3, -0.25) is 4.72 Å². The summed E-state index contributed by atoms with van der Waals surface area (Å²) in [6, 6.07) is 5.98. The minimum absolute atomic E-state index is 0.0601. The van der Waals surface area contributed by atoms with Crippen molar-refractivity contribution < 1.29 is 16.8 Å². The molecule has 0 fully saturated rings. The van der Waals surface area contributed by atoms with E-state index in [9.17, 15) is 16.8 Å². The van der Waals surface area contributed by atoms with Crippen molar-refractivity contribution in [3.05, 3.63) is 29.8 Å². The topological polar surface area (TPSA) is 106 Å². The molecule has 6 nitrogen and oxygen atoms in total. The Morgan fingerprint density at radius 2 is 1.68 bits per heavy atom. The summed E-state index contributed by atoms with van der Waals surface area (Å²) in [5.41, 5.74) is 0.860. The fourth-order valence-corrected chi connectivity index (χ4v) is 3.45. The average Bonchev–Trinajstić information content (AvgIpc) is 2.27. The van der Waals surface area contributed by atoms with Crippen LogP contribution in [0.5, 0.6) is 0 Å².